The first-order valence-electron chi connectivity index (χ1n) is 12.3. The molecule has 3 aliphatic rings. The highest BCUT2D eigenvalue weighted by Crippen LogP contribution is 2.36. The first-order valence-corrected chi connectivity index (χ1v) is 14.6. The lowest BCUT2D eigenvalue weighted by Gasteiger charge is -2.34. The van der Waals surface area contributed by atoms with Crippen molar-refractivity contribution in [1.29, 1.82) is 0 Å². The van der Waals surface area contributed by atoms with Crippen molar-refractivity contribution in [3.63, 3.8) is 0 Å². The fourth-order valence-corrected chi connectivity index (χ4v) is 7.23. The smallest absolute Gasteiger partial charge is 0.260 e. The number of amides is 2. The van der Waals surface area contributed by atoms with Gasteiger partial charge in [0.25, 0.3) is 15.9 Å². The highest BCUT2D eigenvalue weighted by atomic mass is 32.2. The van der Waals surface area contributed by atoms with Gasteiger partial charge in [0, 0.05) is 41.4 Å². The van der Waals surface area contributed by atoms with E-state index in [9.17, 15) is 18.0 Å². The minimum absolute atomic E-state index is 0.136. The summed E-state index contributed by atoms with van der Waals surface area (Å²) in [7, 11) is -3.61. The molecular formula is C27H28N4O4S2. The van der Waals surface area contributed by atoms with Crippen LogP contribution < -0.4 is 10.6 Å². The number of allylic oxidation sites excluding steroid dienone is 7. The van der Waals surface area contributed by atoms with Crippen LogP contribution in [-0.4, -0.2) is 36.1 Å². The first kappa shape index (κ1) is 25.2. The number of rotatable bonds is 6. The second-order valence-corrected chi connectivity index (χ2v) is 11.9. The number of nitrogens with one attached hydrogen (secondary N) is 2. The highest BCUT2D eigenvalue weighted by Gasteiger charge is 2.33. The molecule has 0 spiro atoms. The van der Waals surface area contributed by atoms with Gasteiger partial charge in [0.15, 0.2) is 5.13 Å². The minimum Gasteiger partial charge on any atom is -0.326 e. The number of aromatic nitrogens is 1. The van der Waals surface area contributed by atoms with Gasteiger partial charge >= 0.3 is 0 Å². The van der Waals surface area contributed by atoms with E-state index < -0.39 is 10.0 Å². The summed E-state index contributed by atoms with van der Waals surface area (Å²) in [5.74, 6) is -0.419. The molecule has 2 N–H and O–H groups in total. The normalized spacial score (nSPS) is 17.6. The van der Waals surface area contributed by atoms with Crippen LogP contribution >= 0.6 is 11.3 Å². The molecule has 0 unspecified atom stereocenters. The number of hydrogen-bond acceptors (Lipinski definition) is 6. The molecule has 2 aromatic rings. The average Bonchev–Trinajstić information content (AvgIpc) is 3.37. The Bertz CT molecular complexity index is 1460. The number of nitrogens with zero attached hydrogens (tertiary/aromatic N) is 2. The molecule has 0 bridgehead atoms. The van der Waals surface area contributed by atoms with Crippen LogP contribution in [0, 0.1) is 0 Å². The van der Waals surface area contributed by atoms with E-state index in [-0.39, 0.29) is 11.8 Å². The Balaban J connectivity index is 1.26. The largest absolute Gasteiger partial charge is 0.326 e. The molecule has 2 amide bonds. The molecule has 37 heavy (non-hydrogen) atoms. The summed E-state index contributed by atoms with van der Waals surface area (Å²) < 4.78 is 28.4. The third kappa shape index (κ3) is 5.45. The quantitative estimate of drug-likeness (QED) is 0.518. The Kier molecular flexibility index (Phi) is 7.12. The number of carbonyl (C=O) groups is 2. The number of hydrogen-bond donors (Lipinski definition) is 2. The Labute approximate surface area is 220 Å². The van der Waals surface area contributed by atoms with E-state index in [1.54, 1.807) is 28.6 Å². The van der Waals surface area contributed by atoms with Gasteiger partial charge in [-0.05, 0) is 62.3 Å². The lowest BCUT2D eigenvalue weighted by atomic mass is 9.96. The van der Waals surface area contributed by atoms with E-state index >= 15 is 0 Å². The van der Waals surface area contributed by atoms with E-state index in [1.165, 1.54) is 18.3 Å². The standard InChI is InChI=1S/C27H28N4O4S2/c1-18(32)28-22-12-8-19(9-13-22)24-17-36-27(29-24)30-26(33)21-10-14-23(15-11-21)37(34,35)31-16-4-6-20-5-2-3-7-25(20)31/h2,5,8-10,12-14,17H,3-4,6-7,11,15-16H2,1H3,(H,28,32)(H,29,30,33). The van der Waals surface area contributed by atoms with Crippen LogP contribution in [0.4, 0.5) is 10.8 Å². The molecule has 1 aromatic heterocycles. The molecule has 0 fully saturated rings. The molecule has 8 nitrogen and oxygen atoms in total. The number of carbonyl (C=O) groups excluding carboxylic acids is 2. The summed E-state index contributed by atoms with van der Waals surface area (Å²) in [6.45, 7) is 1.96. The van der Waals surface area contributed by atoms with Gasteiger partial charge in [-0.2, -0.15) is 0 Å². The van der Waals surface area contributed by atoms with Crippen LogP contribution in [0.3, 0.4) is 0 Å². The molecule has 0 saturated carbocycles. The summed E-state index contributed by atoms with van der Waals surface area (Å²) >= 11 is 1.32. The maximum atomic E-state index is 13.4. The zero-order chi connectivity index (χ0) is 26.0. The molecule has 2 aliphatic carbocycles. The molecule has 0 radical (unpaired) electrons. The fraction of sp³-hybridized carbons (Fsp3) is 0.296. The van der Waals surface area contributed by atoms with Crippen LogP contribution in [0.2, 0.25) is 0 Å². The van der Waals surface area contributed by atoms with Crippen LogP contribution in [0.5, 0.6) is 0 Å². The average molecular weight is 537 g/mol. The van der Waals surface area contributed by atoms with Crippen LogP contribution in [0.25, 0.3) is 11.3 Å². The zero-order valence-electron chi connectivity index (χ0n) is 20.5. The van der Waals surface area contributed by atoms with Gasteiger partial charge in [-0.1, -0.05) is 30.4 Å². The third-order valence-corrected chi connectivity index (χ3v) is 9.34. The molecule has 1 aromatic carbocycles. The predicted molar refractivity (Wildman–Crippen MR) is 146 cm³/mol. The van der Waals surface area contributed by atoms with Gasteiger partial charge in [-0.25, -0.2) is 13.4 Å². The summed E-state index contributed by atoms with van der Waals surface area (Å²) in [5.41, 5.74) is 4.85. The second-order valence-electron chi connectivity index (χ2n) is 9.17. The second kappa shape index (κ2) is 10.5. The topological polar surface area (TPSA) is 108 Å². The van der Waals surface area contributed by atoms with Crippen molar-refractivity contribution in [3.8, 4) is 11.3 Å². The predicted octanol–water partition coefficient (Wildman–Crippen LogP) is 5.34. The van der Waals surface area contributed by atoms with Crippen LogP contribution in [-0.2, 0) is 19.6 Å². The van der Waals surface area contributed by atoms with E-state index in [0.29, 0.717) is 46.4 Å². The van der Waals surface area contributed by atoms with Crippen LogP contribution in [0.1, 0.15) is 45.4 Å². The molecule has 5 rings (SSSR count). The summed E-state index contributed by atoms with van der Waals surface area (Å²) in [6, 6.07) is 7.30. The molecule has 0 saturated heterocycles. The van der Waals surface area contributed by atoms with Crippen molar-refractivity contribution in [1.82, 2.24) is 9.29 Å². The van der Waals surface area contributed by atoms with Gasteiger partial charge in [-0.3, -0.25) is 19.2 Å². The van der Waals surface area contributed by atoms with Crippen molar-refractivity contribution in [2.45, 2.75) is 45.4 Å². The summed E-state index contributed by atoms with van der Waals surface area (Å²) in [4.78, 5) is 28.9. The lowest BCUT2D eigenvalue weighted by molar-refractivity contribution is -0.114. The Morgan fingerprint density at radius 2 is 1.84 bits per heavy atom. The van der Waals surface area contributed by atoms with Crippen molar-refractivity contribution in [2.75, 3.05) is 17.2 Å². The molecular weight excluding hydrogens is 508 g/mol. The third-order valence-electron chi connectivity index (χ3n) is 6.60. The summed E-state index contributed by atoms with van der Waals surface area (Å²) in [6.07, 6.45) is 11.3. The molecule has 10 heteroatoms. The minimum atomic E-state index is -3.61. The number of benzene rings is 1. The Morgan fingerprint density at radius 1 is 1.03 bits per heavy atom. The maximum Gasteiger partial charge on any atom is 0.260 e. The van der Waals surface area contributed by atoms with Gasteiger partial charge in [-0.15, -0.1) is 11.3 Å². The van der Waals surface area contributed by atoms with Crippen molar-refractivity contribution in [3.05, 3.63) is 75.7 Å². The number of sulfonamides is 1. The highest BCUT2D eigenvalue weighted by molar-refractivity contribution is 7.93. The monoisotopic (exact) mass is 536 g/mol. The zero-order valence-corrected chi connectivity index (χ0v) is 22.1. The van der Waals surface area contributed by atoms with Gasteiger partial charge in [0.05, 0.1) is 10.6 Å². The molecule has 192 valence electrons. The van der Waals surface area contributed by atoms with Crippen molar-refractivity contribution >= 4 is 44.0 Å². The van der Waals surface area contributed by atoms with E-state index in [0.717, 1.165) is 42.5 Å². The molecule has 2 heterocycles. The maximum absolute atomic E-state index is 13.4. The summed E-state index contributed by atoms with van der Waals surface area (Å²) in [5, 5.41) is 7.87. The fourth-order valence-electron chi connectivity index (χ4n) is 4.76. The lowest BCUT2D eigenvalue weighted by Crippen LogP contribution is -2.36. The van der Waals surface area contributed by atoms with Crippen molar-refractivity contribution in [2.24, 2.45) is 0 Å². The Hall–Kier alpha value is -3.50. The van der Waals surface area contributed by atoms with Gasteiger partial charge in [0.1, 0.15) is 0 Å². The molecule has 1 aliphatic heterocycles. The van der Waals surface area contributed by atoms with Gasteiger partial charge in [0.2, 0.25) is 5.91 Å². The molecule has 0 atom stereocenters. The van der Waals surface area contributed by atoms with E-state index in [1.807, 2.05) is 17.5 Å². The first-order chi connectivity index (χ1) is 17.8. The van der Waals surface area contributed by atoms with Gasteiger partial charge < -0.3 is 5.32 Å². The van der Waals surface area contributed by atoms with Crippen LogP contribution in [0.15, 0.2) is 75.7 Å². The van der Waals surface area contributed by atoms with Crippen molar-refractivity contribution < 1.29 is 18.0 Å². The van der Waals surface area contributed by atoms with E-state index in [2.05, 4.69) is 27.8 Å². The number of anilines is 2. The van der Waals surface area contributed by atoms with E-state index in [4.69, 9.17) is 0 Å². The number of thiazole rings is 1. The Morgan fingerprint density at radius 3 is 2.57 bits per heavy atom. The SMILES string of the molecule is CC(=O)Nc1ccc(-c2csc(NC(=O)C3=CC=C(S(=O)(=O)N4CCCC5=C4CCC=C5)CC3)n2)cc1.